The molecule has 0 atom stereocenters. The zero-order chi connectivity index (χ0) is 20.8. The minimum atomic E-state index is 0.0604. The lowest BCUT2D eigenvalue weighted by Gasteiger charge is -2.39. The highest BCUT2D eigenvalue weighted by atomic mass is 32.1. The maximum absolute atomic E-state index is 12.6. The number of benzene rings is 2. The lowest BCUT2D eigenvalue weighted by Crippen LogP contribution is -2.49. The summed E-state index contributed by atoms with van der Waals surface area (Å²) in [5.41, 5.74) is 2.54. The van der Waals surface area contributed by atoms with Crippen LogP contribution in [0.5, 0.6) is 0 Å². The monoisotopic (exact) mass is 418 g/mol. The molecule has 4 nitrogen and oxygen atoms in total. The number of thiophene rings is 1. The average Bonchev–Trinajstić information content (AvgIpc) is 3.35. The predicted molar refractivity (Wildman–Crippen MR) is 121 cm³/mol. The van der Waals surface area contributed by atoms with E-state index in [1.165, 1.54) is 22.5 Å². The zero-order valence-electron chi connectivity index (χ0n) is 16.9. The Balaban J connectivity index is 1.37. The Bertz CT molecular complexity index is 910. The van der Waals surface area contributed by atoms with E-state index in [1.807, 2.05) is 34.5 Å². The molecule has 0 saturated carbocycles. The molecule has 2 heterocycles. The largest absolute Gasteiger partial charge is 0.340 e. The SMILES string of the molecule is O=C(CCC(=O)N1CCN(C(c2ccccc2)c2ccccc2)CC1)c1cccs1. The van der Waals surface area contributed by atoms with Crippen LogP contribution in [0.4, 0.5) is 0 Å². The molecular weight excluding hydrogens is 392 g/mol. The second kappa shape index (κ2) is 9.83. The van der Waals surface area contributed by atoms with Gasteiger partial charge in [-0.05, 0) is 22.6 Å². The summed E-state index contributed by atoms with van der Waals surface area (Å²) in [6, 6.07) is 25.0. The molecule has 3 aromatic rings. The van der Waals surface area contributed by atoms with Gasteiger partial charge in [-0.2, -0.15) is 0 Å². The second-order valence-electron chi connectivity index (χ2n) is 7.54. The van der Waals surface area contributed by atoms with Gasteiger partial charge in [-0.15, -0.1) is 11.3 Å². The summed E-state index contributed by atoms with van der Waals surface area (Å²) in [6.45, 7) is 3.03. The Morgan fingerprint density at radius 1 is 0.767 bits per heavy atom. The van der Waals surface area contributed by atoms with Crippen LogP contribution >= 0.6 is 11.3 Å². The molecule has 1 amide bonds. The molecule has 4 rings (SSSR count). The van der Waals surface area contributed by atoms with Crippen LogP contribution in [0.15, 0.2) is 78.2 Å². The van der Waals surface area contributed by atoms with Crippen LogP contribution in [0.2, 0.25) is 0 Å². The van der Waals surface area contributed by atoms with Crippen LogP contribution in [0.1, 0.15) is 39.7 Å². The summed E-state index contributed by atoms with van der Waals surface area (Å²) in [5, 5.41) is 1.89. The van der Waals surface area contributed by atoms with Gasteiger partial charge in [0.25, 0.3) is 0 Å². The predicted octanol–water partition coefficient (Wildman–Crippen LogP) is 4.64. The minimum Gasteiger partial charge on any atom is -0.340 e. The first-order chi connectivity index (χ1) is 14.7. The molecule has 5 heteroatoms. The van der Waals surface area contributed by atoms with Crippen LogP contribution in [0, 0.1) is 0 Å². The van der Waals surface area contributed by atoms with Crippen molar-refractivity contribution in [3.8, 4) is 0 Å². The first kappa shape index (κ1) is 20.5. The highest BCUT2D eigenvalue weighted by molar-refractivity contribution is 7.12. The Hall–Kier alpha value is -2.76. The van der Waals surface area contributed by atoms with Crippen LogP contribution in [0.3, 0.4) is 0 Å². The van der Waals surface area contributed by atoms with Gasteiger partial charge < -0.3 is 4.90 Å². The van der Waals surface area contributed by atoms with Crippen molar-refractivity contribution < 1.29 is 9.59 Å². The van der Waals surface area contributed by atoms with E-state index in [-0.39, 0.29) is 30.6 Å². The Morgan fingerprint density at radius 2 is 1.37 bits per heavy atom. The normalized spacial score (nSPS) is 14.8. The van der Waals surface area contributed by atoms with Crippen LogP contribution < -0.4 is 0 Å². The number of rotatable bonds is 7. The van der Waals surface area contributed by atoms with Crippen molar-refractivity contribution in [1.82, 2.24) is 9.80 Å². The molecule has 0 aliphatic carbocycles. The lowest BCUT2D eigenvalue weighted by atomic mass is 9.96. The van der Waals surface area contributed by atoms with Gasteiger partial charge in [0.1, 0.15) is 0 Å². The quantitative estimate of drug-likeness (QED) is 0.525. The summed E-state index contributed by atoms with van der Waals surface area (Å²) in [5.74, 6) is 0.140. The molecule has 2 aromatic carbocycles. The van der Waals surface area contributed by atoms with Crippen LogP contribution in [-0.2, 0) is 4.79 Å². The third kappa shape index (κ3) is 4.86. The number of ketones is 1. The number of carbonyl (C=O) groups is 2. The second-order valence-corrected chi connectivity index (χ2v) is 8.49. The fourth-order valence-corrected chi connectivity index (χ4v) is 4.75. The van der Waals surface area contributed by atoms with Gasteiger partial charge in [0, 0.05) is 39.0 Å². The molecule has 0 radical (unpaired) electrons. The van der Waals surface area contributed by atoms with Crippen LogP contribution in [0.25, 0.3) is 0 Å². The van der Waals surface area contributed by atoms with E-state index in [4.69, 9.17) is 0 Å². The van der Waals surface area contributed by atoms with Crippen molar-refractivity contribution in [2.45, 2.75) is 18.9 Å². The Labute approximate surface area is 181 Å². The Kier molecular flexibility index (Phi) is 6.72. The summed E-state index contributed by atoms with van der Waals surface area (Å²) < 4.78 is 0. The molecule has 1 aromatic heterocycles. The number of amides is 1. The molecule has 0 N–H and O–H groups in total. The third-order valence-corrected chi connectivity index (χ3v) is 6.54. The molecule has 30 heavy (non-hydrogen) atoms. The number of hydrogen-bond donors (Lipinski definition) is 0. The maximum atomic E-state index is 12.6. The molecule has 0 unspecified atom stereocenters. The van der Waals surface area contributed by atoms with E-state index in [0.717, 1.165) is 18.0 Å². The number of carbonyl (C=O) groups excluding carboxylic acids is 2. The van der Waals surface area contributed by atoms with Crippen LogP contribution in [-0.4, -0.2) is 47.7 Å². The summed E-state index contributed by atoms with van der Waals surface area (Å²) in [4.78, 5) is 29.9. The molecule has 0 bridgehead atoms. The number of piperazine rings is 1. The van der Waals surface area contributed by atoms with E-state index < -0.39 is 0 Å². The van der Waals surface area contributed by atoms with Gasteiger partial charge in [0.05, 0.1) is 10.9 Å². The first-order valence-corrected chi connectivity index (χ1v) is 11.3. The van der Waals surface area contributed by atoms with Gasteiger partial charge in [0.15, 0.2) is 5.78 Å². The zero-order valence-corrected chi connectivity index (χ0v) is 17.8. The molecule has 1 saturated heterocycles. The van der Waals surface area contributed by atoms with Gasteiger partial charge in [-0.1, -0.05) is 66.7 Å². The van der Waals surface area contributed by atoms with Gasteiger partial charge >= 0.3 is 0 Å². The topological polar surface area (TPSA) is 40.6 Å². The highest BCUT2D eigenvalue weighted by Crippen LogP contribution is 2.29. The van der Waals surface area contributed by atoms with E-state index in [9.17, 15) is 9.59 Å². The van der Waals surface area contributed by atoms with Crippen molar-refractivity contribution in [3.05, 3.63) is 94.2 Å². The fraction of sp³-hybridized carbons (Fsp3) is 0.280. The number of nitrogens with zero attached hydrogens (tertiary/aromatic N) is 2. The van der Waals surface area contributed by atoms with E-state index in [0.29, 0.717) is 13.1 Å². The van der Waals surface area contributed by atoms with E-state index in [1.54, 1.807) is 0 Å². The maximum Gasteiger partial charge on any atom is 0.223 e. The lowest BCUT2D eigenvalue weighted by molar-refractivity contribution is -0.133. The number of Topliss-reactive ketones (excluding diaryl/α,β-unsaturated/α-hetero) is 1. The van der Waals surface area contributed by atoms with Crippen molar-refractivity contribution in [1.29, 1.82) is 0 Å². The third-order valence-electron chi connectivity index (χ3n) is 5.62. The molecule has 1 aliphatic rings. The summed E-state index contributed by atoms with van der Waals surface area (Å²) in [7, 11) is 0. The minimum absolute atomic E-state index is 0.0604. The van der Waals surface area contributed by atoms with E-state index in [2.05, 4.69) is 53.4 Å². The fourth-order valence-electron chi connectivity index (χ4n) is 4.05. The average molecular weight is 419 g/mol. The smallest absolute Gasteiger partial charge is 0.223 e. The van der Waals surface area contributed by atoms with Crippen molar-refractivity contribution in [2.75, 3.05) is 26.2 Å². The van der Waals surface area contributed by atoms with Gasteiger partial charge in [-0.25, -0.2) is 0 Å². The van der Waals surface area contributed by atoms with Crippen molar-refractivity contribution in [2.24, 2.45) is 0 Å². The van der Waals surface area contributed by atoms with E-state index >= 15 is 0 Å². The van der Waals surface area contributed by atoms with Crippen molar-refractivity contribution in [3.63, 3.8) is 0 Å². The molecule has 1 aliphatic heterocycles. The van der Waals surface area contributed by atoms with Crippen molar-refractivity contribution >= 4 is 23.0 Å². The molecule has 1 fully saturated rings. The van der Waals surface area contributed by atoms with Gasteiger partial charge in [-0.3, -0.25) is 14.5 Å². The Morgan fingerprint density at radius 3 is 1.90 bits per heavy atom. The number of hydrogen-bond acceptors (Lipinski definition) is 4. The van der Waals surface area contributed by atoms with Gasteiger partial charge in [0.2, 0.25) is 5.91 Å². The first-order valence-electron chi connectivity index (χ1n) is 10.4. The standard InChI is InChI=1S/C25H26N2O2S/c28-22(23-12-7-19-30-23)13-14-24(29)26-15-17-27(18-16-26)25(20-8-3-1-4-9-20)21-10-5-2-6-11-21/h1-12,19,25H,13-18H2. The molecular formula is C25H26N2O2S. The molecule has 0 spiro atoms. The summed E-state index contributed by atoms with van der Waals surface area (Å²) in [6.07, 6.45) is 0.577. The molecule has 154 valence electrons. The highest BCUT2D eigenvalue weighted by Gasteiger charge is 2.28. The summed E-state index contributed by atoms with van der Waals surface area (Å²) >= 11 is 1.44.